The summed E-state index contributed by atoms with van der Waals surface area (Å²) in [6, 6.07) is 15.7. The Balaban J connectivity index is 2.01. The van der Waals surface area contributed by atoms with Crippen LogP contribution in [0.4, 0.5) is 11.4 Å². The number of ether oxygens (including phenoxy) is 1. The highest BCUT2D eigenvalue weighted by molar-refractivity contribution is 6.01. The van der Waals surface area contributed by atoms with Crippen molar-refractivity contribution < 1.29 is 9.53 Å². The van der Waals surface area contributed by atoms with E-state index < -0.39 is 0 Å². The summed E-state index contributed by atoms with van der Waals surface area (Å²) in [5.74, 6) is 0.719. The van der Waals surface area contributed by atoms with Crippen molar-refractivity contribution in [3.8, 4) is 5.75 Å². The van der Waals surface area contributed by atoms with E-state index in [9.17, 15) is 4.79 Å². The Morgan fingerprint density at radius 1 is 1.15 bits per heavy atom. The van der Waals surface area contributed by atoms with Crippen LogP contribution in [-0.2, 0) is 11.3 Å². The summed E-state index contributed by atoms with van der Waals surface area (Å²) in [5, 5.41) is 3.12. The van der Waals surface area contributed by atoms with Crippen LogP contribution in [-0.4, -0.2) is 19.6 Å². The van der Waals surface area contributed by atoms with Crippen molar-refractivity contribution in [2.24, 2.45) is 0 Å². The van der Waals surface area contributed by atoms with Gasteiger partial charge in [0.05, 0.1) is 12.2 Å². The first kappa shape index (κ1) is 12.5. The molecule has 1 aliphatic rings. The molecule has 4 nitrogen and oxygen atoms in total. The van der Waals surface area contributed by atoms with Crippen LogP contribution in [0.2, 0.25) is 0 Å². The number of hydrogen-bond donors (Lipinski definition) is 1. The van der Waals surface area contributed by atoms with E-state index >= 15 is 0 Å². The predicted octanol–water partition coefficient (Wildman–Crippen LogP) is 2.65. The molecule has 0 spiro atoms. The molecule has 4 heteroatoms. The number of benzene rings is 2. The van der Waals surface area contributed by atoms with Crippen molar-refractivity contribution >= 4 is 17.3 Å². The number of hydrogen-bond acceptors (Lipinski definition) is 3. The largest absolute Gasteiger partial charge is 0.481 e. The summed E-state index contributed by atoms with van der Waals surface area (Å²) in [7, 11) is 1.84. The van der Waals surface area contributed by atoms with E-state index in [1.54, 1.807) is 4.90 Å². The molecule has 0 radical (unpaired) electrons. The third kappa shape index (κ3) is 2.20. The fourth-order valence-electron chi connectivity index (χ4n) is 2.39. The first-order chi connectivity index (χ1) is 9.79. The molecule has 2 aromatic carbocycles. The molecule has 3 rings (SSSR count). The Morgan fingerprint density at radius 3 is 2.70 bits per heavy atom. The average Bonchev–Trinajstić information content (AvgIpc) is 2.50. The number of para-hydroxylation sites is 1. The lowest BCUT2D eigenvalue weighted by atomic mass is 10.1. The maximum Gasteiger partial charge on any atom is 0.265 e. The van der Waals surface area contributed by atoms with Gasteiger partial charge in [-0.15, -0.1) is 0 Å². The Labute approximate surface area is 118 Å². The van der Waals surface area contributed by atoms with Gasteiger partial charge in [0.2, 0.25) is 0 Å². The molecule has 0 saturated carbocycles. The molecule has 0 fully saturated rings. The van der Waals surface area contributed by atoms with E-state index in [4.69, 9.17) is 4.74 Å². The first-order valence-electron chi connectivity index (χ1n) is 6.57. The quantitative estimate of drug-likeness (QED) is 0.930. The zero-order valence-corrected chi connectivity index (χ0v) is 11.3. The zero-order chi connectivity index (χ0) is 13.9. The zero-order valence-electron chi connectivity index (χ0n) is 11.3. The maximum atomic E-state index is 12.2. The van der Waals surface area contributed by atoms with Gasteiger partial charge in [0, 0.05) is 7.05 Å². The number of anilines is 2. The second-order valence-corrected chi connectivity index (χ2v) is 4.66. The van der Waals surface area contributed by atoms with Crippen LogP contribution < -0.4 is 15.0 Å². The lowest BCUT2D eigenvalue weighted by Crippen LogP contribution is -2.38. The second-order valence-electron chi connectivity index (χ2n) is 4.66. The topological polar surface area (TPSA) is 41.6 Å². The molecule has 0 unspecified atom stereocenters. The van der Waals surface area contributed by atoms with Gasteiger partial charge in [-0.3, -0.25) is 9.69 Å². The summed E-state index contributed by atoms with van der Waals surface area (Å²) >= 11 is 0. The molecule has 20 heavy (non-hydrogen) atoms. The minimum absolute atomic E-state index is 0.0240. The van der Waals surface area contributed by atoms with E-state index in [-0.39, 0.29) is 12.5 Å². The number of nitrogens with zero attached hydrogens (tertiary/aromatic N) is 1. The molecule has 1 N–H and O–H groups in total. The number of carbonyl (C=O) groups excluding carboxylic acids is 1. The second kappa shape index (κ2) is 5.25. The van der Waals surface area contributed by atoms with Crippen LogP contribution in [0.3, 0.4) is 0 Å². The minimum Gasteiger partial charge on any atom is -0.481 e. The van der Waals surface area contributed by atoms with Crippen LogP contribution in [0, 0.1) is 0 Å². The monoisotopic (exact) mass is 268 g/mol. The molecule has 102 valence electrons. The van der Waals surface area contributed by atoms with Gasteiger partial charge >= 0.3 is 0 Å². The van der Waals surface area contributed by atoms with E-state index in [0.29, 0.717) is 6.54 Å². The predicted molar refractivity (Wildman–Crippen MR) is 79.1 cm³/mol. The van der Waals surface area contributed by atoms with Gasteiger partial charge in [0.15, 0.2) is 6.61 Å². The van der Waals surface area contributed by atoms with E-state index in [0.717, 1.165) is 22.7 Å². The smallest absolute Gasteiger partial charge is 0.265 e. The third-order valence-electron chi connectivity index (χ3n) is 3.37. The van der Waals surface area contributed by atoms with Gasteiger partial charge in [0.1, 0.15) is 11.4 Å². The molecular weight excluding hydrogens is 252 g/mol. The SMILES string of the molecule is CNc1cccc2c1N(Cc1ccccc1)C(=O)CO2. The maximum absolute atomic E-state index is 12.2. The highest BCUT2D eigenvalue weighted by Crippen LogP contribution is 2.39. The van der Waals surface area contributed by atoms with Gasteiger partial charge in [-0.2, -0.15) is 0 Å². The highest BCUT2D eigenvalue weighted by Gasteiger charge is 2.27. The summed E-state index contributed by atoms with van der Waals surface area (Å²) < 4.78 is 5.51. The average molecular weight is 268 g/mol. The Morgan fingerprint density at radius 2 is 1.95 bits per heavy atom. The van der Waals surface area contributed by atoms with Crippen molar-refractivity contribution in [1.29, 1.82) is 0 Å². The molecule has 0 aromatic heterocycles. The van der Waals surface area contributed by atoms with Crippen molar-refractivity contribution in [2.75, 3.05) is 23.9 Å². The van der Waals surface area contributed by atoms with E-state index in [2.05, 4.69) is 5.32 Å². The fraction of sp³-hybridized carbons (Fsp3) is 0.188. The molecule has 2 aromatic rings. The minimum atomic E-state index is -0.0240. The Kier molecular flexibility index (Phi) is 3.29. The summed E-state index contributed by atoms with van der Waals surface area (Å²) in [6.07, 6.45) is 0. The van der Waals surface area contributed by atoms with Crippen molar-refractivity contribution in [3.05, 3.63) is 54.1 Å². The molecular formula is C16H16N2O2. The summed E-state index contributed by atoms with van der Waals surface area (Å²) in [4.78, 5) is 14.0. The Bertz CT molecular complexity index is 611. The van der Waals surface area contributed by atoms with Crippen molar-refractivity contribution in [2.45, 2.75) is 6.54 Å². The first-order valence-corrected chi connectivity index (χ1v) is 6.57. The van der Waals surface area contributed by atoms with Gasteiger partial charge in [-0.1, -0.05) is 36.4 Å². The van der Waals surface area contributed by atoms with Crippen molar-refractivity contribution in [1.82, 2.24) is 0 Å². The van der Waals surface area contributed by atoms with Crippen LogP contribution >= 0.6 is 0 Å². The van der Waals surface area contributed by atoms with Gasteiger partial charge < -0.3 is 10.1 Å². The molecule has 0 aliphatic carbocycles. The van der Waals surface area contributed by atoms with Crippen LogP contribution in [0.25, 0.3) is 0 Å². The molecule has 1 heterocycles. The summed E-state index contributed by atoms with van der Waals surface area (Å²) in [5.41, 5.74) is 2.81. The van der Waals surface area contributed by atoms with E-state index in [1.165, 1.54) is 0 Å². The molecule has 0 bridgehead atoms. The summed E-state index contributed by atoms with van der Waals surface area (Å²) in [6.45, 7) is 0.641. The number of rotatable bonds is 3. The van der Waals surface area contributed by atoms with Crippen molar-refractivity contribution in [3.63, 3.8) is 0 Å². The third-order valence-corrected chi connectivity index (χ3v) is 3.37. The Hall–Kier alpha value is -2.49. The molecule has 1 amide bonds. The molecule has 1 aliphatic heterocycles. The van der Waals surface area contributed by atoms with Crippen LogP contribution in [0.15, 0.2) is 48.5 Å². The van der Waals surface area contributed by atoms with E-state index in [1.807, 2.05) is 55.6 Å². The normalized spacial score (nSPS) is 13.7. The molecule has 0 saturated heterocycles. The van der Waals surface area contributed by atoms with Gasteiger partial charge in [-0.25, -0.2) is 0 Å². The van der Waals surface area contributed by atoms with Gasteiger partial charge in [0.25, 0.3) is 5.91 Å². The number of nitrogens with one attached hydrogen (secondary N) is 1. The lowest BCUT2D eigenvalue weighted by Gasteiger charge is -2.31. The van der Waals surface area contributed by atoms with Gasteiger partial charge in [-0.05, 0) is 17.7 Å². The number of carbonyl (C=O) groups is 1. The lowest BCUT2D eigenvalue weighted by molar-refractivity contribution is -0.121. The van der Waals surface area contributed by atoms with Crippen LogP contribution in [0.5, 0.6) is 5.75 Å². The molecule has 0 atom stereocenters. The number of amides is 1. The number of fused-ring (bicyclic) bond motifs is 1. The van der Waals surface area contributed by atoms with Crippen LogP contribution in [0.1, 0.15) is 5.56 Å². The highest BCUT2D eigenvalue weighted by atomic mass is 16.5. The fourth-order valence-corrected chi connectivity index (χ4v) is 2.39. The standard InChI is InChI=1S/C16H16N2O2/c1-17-13-8-5-9-14-16(13)18(15(19)11-20-14)10-12-6-3-2-4-7-12/h2-9,17H,10-11H2,1H3.